The zero-order chi connectivity index (χ0) is 13.3. The summed E-state index contributed by atoms with van der Waals surface area (Å²) < 4.78 is 0. The minimum absolute atomic E-state index is 0. The second-order valence-electron chi connectivity index (χ2n) is 5.10. The molecular weight excluding hydrogens is 381 g/mol. The first kappa shape index (κ1) is 17.8. The van der Waals surface area contributed by atoms with Gasteiger partial charge >= 0.3 is 0 Å². The Labute approximate surface area is 143 Å². The van der Waals surface area contributed by atoms with Crippen LogP contribution in [-0.2, 0) is 6.42 Å². The summed E-state index contributed by atoms with van der Waals surface area (Å²) >= 11 is 1.82. The lowest BCUT2D eigenvalue weighted by Crippen LogP contribution is -2.38. The summed E-state index contributed by atoms with van der Waals surface area (Å²) in [5.74, 6) is 1.99. The van der Waals surface area contributed by atoms with E-state index in [9.17, 15) is 0 Å². The Kier molecular flexibility index (Phi) is 9.26. The second-order valence-corrected chi connectivity index (χ2v) is 6.13. The van der Waals surface area contributed by atoms with Crippen LogP contribution in [0.4, 0.5) is 0 Å². The number of aliphatic imine (C=N–C) groups is 1. The van der Waals surface area contributed by atoms with E-state index < -0.39 is 0 Å². The van der Waals surface area contributed by atoms with E-state index in [2.05, 4.69) is 40.1 Å². The van der Waals surface area contributed by atoms with Gasteiger partial charge in [-0.25, -0.2) is 0 Å². The maximum atomic E-state index is 4.63. The van der Waals surface area contributed by atoms with Crippen molar-refractivity contribution in [3.8, 4) is 0 Å². The SMILES string of the molecule is CCNC(=NCCCC1CC1)NCCc1cccs1.I. The van der Waals surface area contributed by atoms with Crippen molar-refractivity contribution in [2.24, 2.45) is 10.9 Å². The van der Waals surface area contributed by atoms with Crippen LogP contribution in [0.5, 0.6) is 0 Å². The molecule has 0 radical (unpaired) electrons. The highest BCUT2D eigenvalue weighted by Gasteiger charge is 2.19. The highest BCUT2D eigenvalue weighted by molar-refractivity contribution is 14.0. The molecule has 1 aromatic rings. The number of nitrogens with zero attached hydrogens (tertiary/aromatic N) is 1. The molecule has 0 aromatic carbocycles. The Balaban J connectivity index is 0.00000200. The minimum Gasteiger partial charge on any atom is -0.357 e. The van der Waals surface area contributed by atoms with Gasteiger partial charge in [-0.2, -0.15) is 0 Å². The molecule has 1 fully saturated rings. The second kappa shape index (κ2) is 10.4. The van der Waals surface area contributed by atoms with Crippen molar-refractivity contribution in [2.75, 3.05) is 19.6 Å². The van der Waals surface area contributed by atoms with Crippen LogP contribution in [-0.4, -0.2) is 25.6 Å². The van der Waals surface area contributed by atoms with Crippen molar-refractivity contribution in [3.05, 3.63) is 22.4 Å². The van der Waals surface area contributed by atoms with Crippen LogP contribution in [0.1, 0.15) is 37.5 Å². The average molecular weight is 407 g/mol. The molecule has 114 valence electrons. The lowest BCUT2D eigenvalue weighted by atomic mass is 10.2. The van der Waals surface area contributed by atoms with Crippen LogP contribution in [0.25, 0.3) is 0 Å². The van der Waals surface area contributed by atoms with E-state index in [1.54, 1.807) is 0 Å². The average Bonchev–Trinajstić information content (AvgIpc) is 3.09. The number of hydrogen-bond acceptors (Lipinski definition) is 2. The van der Waals surface area contributed by atoms with Crippen LogP contribution in [0.3, 0.4) is 0 Å². The quantitative estimate of drug-likeness (QED) is 0.299. The maximum Gasteiger partial charge on any atom is 0.191 e. The van der Waals surface area contributed by atoms with Gasteiger partial charge in [0.1, 0.15) is 0 Å². The summed E-state index contributed by atoms with van der Waals surface area (Å²) in [4.78, 5) is 6.06. The Bertz CT molecular complexity index is 374. The maximum absolute atomic E-state index is 4.63. The molecule has 0 unspecified atom stereocenters. The molecule has 0 aliphatic heterocycles. The van der Waals surface area contributed by atoms with Crippen molar-refractivity contribution in [1.29, 1.82) is 0 Å². The number of hydrogen-bond donors (Lipinski definition) is 2. The molecule has 1 aromatic heterocycles. The zero-order valence-corrected chi connectivity index (χ0v) is 15.4. The predicted molar refractivity (Wildman–Crippen MR) is 99.4 cm³/mol. The van der Waals surface area contributed by atoms with E-state index in [0.29, 0.717) is 0 Å². The Morgan fingerprint density at radius 2 is 2.25 bits per heavy atom. The third-order valence-electron chi connectivity index (χ3n) is 3.33. The molecule has 0 saturated heterocycles. The van der Waals surface area contributed by atoms with E-state index in [-0.39, 0.29) is 24.0 Å². The lowest BCUT2D eigenvalue weighted by Gasteiger charge is -2.10. The van der Waals surface area contributed by atoms with Gasteiger partial charge < -0.3 is 10.6 Å². The van der Waals surface area contributed by atoms with Gasteiger partial charge in [0.05, 0.1) is 0 Å². The van der Waals surface area contributed by atoms with Gasteiger partial charge in [0.2, 0.25) is 0 Å². The van der Waals surface area contributed by atoms with Crippen LogP contribution < -0.4 is 10.6 Å². The molecule has 3 nitrogen and oxygen atoms in total. The third-order valence-corrected chi connectivity index (χ3v) is 4.26. The first-order valence-electron chi connectivity index (χ1n) is 7.43. The van der Waals surface area contributed by atoms with Gasteiger partial charge in [0, 0.05) is 24.5 Å². The van der Waals surface area contributed by atoms with Gasteiger partial charge in [-0.1, -0.05) is 18.9 Å². The molecule has 20 heavy (non-hydrogen) atoms. The van der Waals surface area contributed by atoms with E-state index >= 15 is 0 Å². The summed E-state index contributed by atoms with van der Waals surface area (Å²) in [6, 6.07) is 4.29. The van der Waals surface area contributed by atoms with Gasteiger partial charge in [0.15, 0.2) is 5.96 Å². The Morgan fingerprint density at radius 3 is 2.90 bits per heavy atom. The minimum atomic E-state index is 0. The van der Waals surface area contributed by atoms with Gasteiger partial charge in [-0.05, 0) is 43.6 Å². The van der Waals surface area contributed by atoms with E-state index in [1.807, 2.05) is 11.3 Å². The Hall–Kier alpha value is -0.300. The molecule has 0 spiro atoms. The monoisotopic (exact) mass is 407 g/mol. The fourth-order valence-corrected chi connectivity index (χ4v) is 2.79. The normalized spacial score (nSPS) is 14.8. The standard InChI is InChI=1S/C15H25N3S.HI/c1-2-16-15(17-10-3-5-13-7-8-13)18-11-9-14-6-4-12-19-14;/h4,6,12-13H,2-3,5,7-11H2,1H3,(H2,16,17,18);1H. The molecule has 2 rings (SSSR count). The van der Waals surface area contributed by atoms with Crippen molar-refractivity contribution in [1.82, 2.24) is 10.6 Å². The van der Waals surface area contributed by atoms with Gasteiger partial charge in [-0.15, -0.1) is 35.3 Å². The van der Waals surface area contributed by atoms with Crippen LogP contribution >= 0.6 is 35.3 Å². The Morgan fingerprint density at radius 1 is 1.40 bits per heavy atom. The number of guanidine groups is 1. The first-order valence-corrected chi connectivity index (χ1v) is 8.31. The largest absolute Gasteiger partial charge is 0.357 e. The molecule has 2 N–H and O–H groups in total. The molecule has 1 heterocycles. The highest BCUT2D eigenvalue weighted by Crippen LogP contribution is 2.33. The summed E-state index contributed by atoms with van der Waals surface area (Å²) in [6.07, 6.45) is 6.56. The predicted octanol–water partition coefficient (Wildman–Crippen LogP) is 3.65. The summed E-state index contributed by atoms with van der Waals surface area (Å²) in [5, 5.41) is 8.85. The number of nitrogens with one attached hydrogen (secondary N) is 2. The molecule has 1 aliphatic carbocycles. The van der Waals surface area contributed by atoms with E-state index in [0.717, 1.165) is 37.9 Å². The molecule has 0 bridgehead atoms. The number of thiophene rings is 1. The third kappa shape index (κ3) is 7.47. The number of halogens is 1. The molecule has 5 heteroatoms. The molecular formula is C15H26IN3S. The highest BCUT2D eigenvalue weighted by atomic mass is 127. The van der Waals surface area contributed by atoms with Crippen LogP contribution in [0.2, 0.25) is 0 Å². The van der Waals surface area contributed by atoms with Gasteiger partial charge in [0.25, 0.3) is 0 Å². The molecule has 0 amide bonds. The number of rotatable bonds is 8. The summed E-state index contributed by atoms with van der Waals surface area (Å²) in [6.45, 7) is 4.94. The first-order chi connectivity index (χ1) is 9.38. The van der Waals surface area contributed by atoms with Crippen molar-refractivity contribution in [2.45, 2.75) is 39.0 Å². The summed E-state index contributed by atoms with van der Waals surface area (Å²) in [5.41, 5.74) is 0. The van der Waals surface area contributed by atoms with Crippen LogP contribution in [0.15, 0.2) is 22.5 Å². The van der Waals surface area contributed by atoms with E-state index in [4.69, 9.17) is 0 Å². The lowest BCUT2D eigenvalue weighted by molar-refractivity contribution is 0.670. The van der Waals surface area contributed by atoms with Crippen molar-refractivity contribution >= 4 is 41.3 Å². The fraction of sp³-hybridized carbons (Fsp3) is 0.667. The smallest absolute Gasteiger partial charge is 0.191 e. The topological polar surface area (TPSA) is 36.4 Å². The summed E-state index contributed by atoms with van der Waals surface area (Å²) in [7, 11) is 0. The van der Waals surface area contributed by atoms with Gasteiger partial charge in [-0.3, -0.25) is 4.99 Å². The van der Waals surface area contributed by atoms with Crippen LogP contribution in [0, 0.1) is 5.92 Å². The van der Waals surface area contributed by atoms with Crippen molar-refractivity contribution in [3.63, 3.8) is 0 Å². The van der Waals surface area contributed by atoms with E-state index in [1.165, 1.54) is 30.6 Å². The fourth-order valence-electron chi connectivity index (χ4n) is 2.08. The molecule has 1 saturated carbocycles. The molecule has 1 aliphatic rings. The molecule has 0 atom stereocenters. The van der Waals surface area contributed by atoms with Crippen molar-refractivity contribution < 1.29 is 0 Å². The zero-order valence-electron chi connectivity index (χ0n) is 12.2.